The molecule has 0 unspecified atom stereocenters. The van der Waals surface area contributed by atoms with Gasteiger partial charge in [-0.15, -0.1) is 24.0 Å². The third kappa shape index (κ3) is 10.0. The zero-order valence-electron chi connectivity index (χ0n) is 14.4. The Morgan fingerprint density at radius 1 is 1.16 bits per heavy atom. The minimum Gasteiger partial charge on any atom is -0.491 e. The number of para-hydroxylation sites is 1. The van der Waals surface area contributed by atoms with Crippen molar-refractivity contribution in [1.29, 1.82) is 0 Å². The lowest BCUT2D eigenvalue weighted by atomic mass is 10.2. The van der Waals surface area contributed by atoms with Crippen LogP contribution in [0, 0.1) is 0 Å². The van der Waals surface area contributed by atoms with E-state index < -0.39 is 11.7 Å². The monoisotopic (exact) mass is 491 g/mol. The summed E-state index contributed by atoms with van der Waals surface area (Å²) in [5.41, 5.74) is -0.763. The average molecular weight is 491 g/mol. The van der Waals surface area contributed by atoms with Crippen LogP contribution in [0.4, 0.5) is 13.2 Å². The van der Waals surface area contributed by atoms with Crippen molar-refractivity contribution < 1.29 is 17.9 Å². The number of thioether (sulfide) groups is 1. The van der Waals surface area contributed by atoms with Crippen LogP contribution in [0.2, 0.25) is 0 Å². The molecular weight excluding hydrogens is 466 g/mol. The minimum atomic E-state index is -4.42. The molecule has 0 fully saturated rings. The normalized spacial score (nSPS) is 11.6. The van der Waals surface area contributed by atoms with E-state index in [2.05, 4.69) is 21.9 Å². The van der Waals surface area contributed by atoms with Crippen LogP contribution < -0.4 is 15.4 Å². The summed E-state index contributed by atoms with van der Waals surface area (Å²) in [6, 6.07) is 5.20. The molecule has 0 amide bonds. The van der Waals surface area contributed by atoms with Gasteiger partial charge >= 0.3 is 6.18 Å². The van der Waals surface area contributed by atoms with Gasteiger partial charge in [0.2, 0.25) is 0 Å². The Hall–Kier alpha value is -0.840. The molecule has 4 nitrogen and oxygen atoms in total. The predicted octanol–water partition coefficient (Wildman–Crippen LogP) is 4.01. The van der Waals surface area contributed by atoms with Gasteiger partial charge in [-0.3, -0.25) is 4.99 Å². The fourth-order valence-electron chi connectivity index (χ4n) is 1.96. The number of ether oxygens (including phenoxy) is 1. The summed E-state index contributed by atoms with van der Waals surface area (Å²) in [4.78, 5) is 4.06. The van der Waals surface area contributed by atoms with Crippen LogP contribution in [0.3, 0.4) is 0 Å². The zero-order chi connectivity index (χ0) is 17.8. The summed E-state index contributed by atoms with van der Waals surface area (Å²) >= 11 is 1.81. The van der Waals surface area contributed by atoms with Gasteiger partial charge in [-0.2, -0.15) is 24.9 Å². The molecule has 0 aliphatic heterocycles. The van der Waals surface area contributed by atoms with Crippen LogP contribution in [0.15, 0.2) is 29.3 Å². The molecule has 0 bridgehead atoms. The molecule has 2 N–H and O–H groups in total. The van der Waals surface area contributed by atoms with Crippen LogP contribution in [0.25, 0.3) is 0 Å². The van der Waals surface area contributed by atoms with Crippen molar-refractivity contribution in [1.82, 2.24) is 10.6 Å². The van der Waals surface area contributed by atoms with Crippen molar-refractivity contribution in [2.75, 3.05) is 38.8 Å². The number of halogens is 4. The molecule has 1 aromatic carbocycles. The summed E-state index contributed by atoms with van der Waals surface area (Å²) in [6.45, 7) is 1.27. The smallest absolute Gasteiger partial charge is 0.419 e. The third-order valence-corrected chi connectivity index (χ3v) is 3.83. The number of benzene rings is 1. The van der Waals surface area contributed by atoms with Gasteiger partial charge in [0.25, 0.3) is 0 Å². The molecule has 25 heavy (non-hydrogen) atoms. The van der Waals surface area contributed by atoms with Gasteiger partial charge in [-0.05, 0) is 37.0 Å². The largest absolute Gasteiger partial charge is 0.491 e. The molecule has 0 aliphatic carbocycles. The number of nitrogens with zero attached hydrogens (tertiary/aromatic N) is 1. The van der Waals surface area contributed by atoms with Crippen molar-refractivity contribution in [3.63, 3.8) is 0 Å². The summed E-state index contributed by atoms with van der Waals surface area (Å²) < 4.78 is 43.8. The number of alkyl halides is 3. The van der Waals surface area contributed by atoms with Crippen molar-refractivity contribution in [2.45, 2.75) is 19.0 Å². The fraction of sp³-hybridized carbons (Fsp3) is 0.562. The SMILES string of the molecule is CN=C(NCCCCSC)NCCOc1ccccc1C(F)(F)F.I. The van der Waals surface area contributed by atoms with Gasteiger partial charge in [-0.1, -0.05) is 12.1 Å². The number of guanidine groups is 1. The first-order valence-corrected chi connectivity index (χ1v) is 9.11. The Balaban J connectivity index is 0.00000576. The summed E-state index contributed by atoms with van der Waals surface area (Å²) in [5, 5.41) is 6.17. The van der Waals surface area contributed by atoms with Crippen molar-refractivity contribution in [3.05, 3.63) is 29.8 Å². The summed E-state index contributed by atoms with van der Waals surface area (Å²) in [5.74, 6) is 1.58. The molecule has 0 radical (unpaired) electrons. The first-order chi connectivity index (χ1) is 11.5. The molecule has 144 valence electrons. The molecule has 0 spiro atoms. The molecule has 0 aliphatic rings. The standard InChI is InChI=1S/C16H24F3N3OS.HI/c1-20-15(21-9-5-6-12-24-2)22-10-11-23-14-8-4-3-7-13(14)16(17,18)19;/h3-4,7-8H,5-6,9-12H2,1-2H3,(H2,20,21,22);1H. The van der Waals surface area contributed by atoms with Crippen molar-refractivity contribution in [3.8, 4) is 5.75 Å². The van der Waals surface area contributed by atoms with Gasteiger partial charge in [-0.25, -0.2) is 0 Å². The predicted molar refractivity (Wildman–Crippen MR) is 109 cm³/mol. The second-order valence-electron chi connectivity index (χ2n) is 4.97. The van der Waals surface area contributed by atoms with E-state index in [4.69, 9.17) is 4.74 Å². The van der Waals surface area contributed by atoms with E-state index in [1.54, 1.807) is 7.05 Å². The summed E-state index contributed by atoms with van der Waals surface area (Å²) in [6.07, 6.45) is -0.178. The fourth-order valence-corrected chi connectivity index (χ4v) is 2.45. The minimum absolute atomic E-state index is 0. The maximum atomic E-state index is 12.8. The molecule has 0 heterocycles. The maximum absolute atomic E-state index is 12.8. The Bertz CT molecular complexity index is 516. The molecule has 0 atom stereocenters. The second kappa shape index (κ2) is 13.4. The van der Waals surface area contributed by atoms with Crippen molar-refractivity contribution >= 4 is 41.7 Å². The number of hydrogen-bond acceptors (Lipinski definition) is 3. The van der Waals surface area contributed by atoms with E-state index in [1.807, 2.05) is 11.8 Å². The van der Waals surface area contributed by atoms with Gasteiger partial charge in [0, 0.05) is 13.6 Å². The average Bonchev–Trinajstić information content (AvgIpc) is 2.56. The van der Waals surface area contributed by atoms with Crippen LogP contribution in [0.5, 0.6) is 5.75 Å². The van der Waals surface area contributed by atoms with Crippen LogP contribution >= 0.6 is 35.7 Å². The first kappa shape index (κ1) is 24.2. The second-order valence-corrected chi connectivity index (χ2v) is 5.95. The first-order valence-electron chi connectivity index (χ1n) is 7.71. The molecule has 0 aromatic heterocycles. The highest BCUT2D eigenvalue weighted by Crippen LogP contribution is 2.35. The Labute approximate surface area is 168 Å². The lowest BCUT2D eigenvalue weighted by Crippen LogP contribution is -2.39. The molecule has 9 heteroatoms. The molecule has 0 saturated carbocycles. The Morgan fingerprint density at radius 2 is 1.84 bits per heavy atom. The third-order valence-electron chi connectivity index (χ3n) is 3.14. The van der Waals surface area contributed by atoms with Gasteiger partial charge in [0.05, 0.1) is 12.1 Å². The van der Waals surface area contributed by atoms with Crippen molar-refractivity contribution in [2.24, 2.45) is 4.99 Å². The van der Waals surface area contributed by atoms with Crippen LogP contribution in [-0.4, -0.2) is 44.7 Å². The molecule has 1 rings (SSSR count). The Kier molecular flexibility index (Phi) is 12.9. The summed E-state index contributed by atoms with van der Waals surface area (Å²) in [7, 11) is 1.65. The highest BCUT2D eigenvalue weighted by molar-refractivity contribution is 14.0. The molecule has 1 aromatic rings. The number of nitrogens with one attached hydrogen (secondary N) is 2. The lowest BCUT2D eigenvalue weighted by Gasteiger charge is -2.15. The number of unbranched alkanes of at least 4 members (excludes halogenated alkanes) is 1. The number of aliphatic imine (C=N–C) groups is 1. The number of hydrogen-bond donors (Lipinski definition) is 2. The zero-order valence-corrected chi connectivity index (χ0v) is 17.5. The van der Waals surface area contributed by atoms with Gasteiger partial charge < -0.3 is 15.4 Å². The van der Waals surface area contributed by atoms with Gasteiger partial charge in [0.15, 0.2) is 5.96 Å². The highest BCUT2D eigenvalue weighted by Gasteiger charge is 2.33. The maximum Gasteiger partial charge on any atom is 0.419 e. The van der Waals surface area contributed by atoms with E-state index >= 15 is 0 Å². The topological polar surface area (TPSA) is 45.7 Å². The van der Waals surface area contributed by atoms with E-state index in [9.17, 15) is 13.2 Å². The van der Waals surface area contributed by atoms with Gasteiger partial charge in [0.1, 0.15) is 12.4 Å². The molecule has 0 saturated heterocycles. The lowest BCUT2D eigenvalue weighted by molar-refractivity contribution is -0.138. The number of rotatable bonds is 9. The van der Waals surface area contributed by atoms with Crippen LogP contribution in [-0.2, 0) is 6.18 Å². The quantitative estimate of drug-likeness (QED) is 0.237. The van der Waals surface area contributed by atoms with E-state index in [0.717, 1.165) is 31.2 Å². The van der Waals surface area contributed by atoms with E-state index in [0.29, 0.717) is 12.5 Å². The highest BCUT2D eigenvalue weighted by atomic mass is 127. The molecular formula is C16H25F3IN3OS. The van der Waals surface area contributed by atoms with Crippen LogP contribution in [0.1, 0.15) is 18.4 Å². The van der Waals surface area contributed by atoms with E-state index in [1.165, 1.54) is 18.2 Å². The Morgan fingerprint density at radius 3 is 2.48 bits per heavy atom. The van der Waals surface area contributed by atoms with E-state index in [-0.39, 0.29) is 36.3 Å².